The van der Waals surface area contributed by atoms with Crippen molar-refractivity contribution in [3.05, 3.63) is 108 Å². The van der Waals surface area contributed by atoms with Crippen LogP contribution in [0, 0.1) is 0 Å². The highest BCUT2D eigenvalue weighted by Crippen LogP contribution is 2.36. The van der Waals surface area contributed by atoms with Crippen molar-refractivity contribution in [2.75, 3.05) is 31.0 Å². The fraction of sp³-hybridized carbons (Fsp3) is 0.132. The fourth-order valence-corrected chi connectivity index (χ4v) is 4.71. The molecule has 0 unspecified atom stereocenters. The Kier molecular flexibility index (Phi) is 12.5. The van der Waals surface area contributed by atoms with Gasteiger partial charge in [0.25, 0.3) is 11.8 Å². The second-order valence-electron chi connectivity index (χ2n) is 10.8. The molecule has 3 heterocycles. The highest BCUT2D eigenvalue weighted by atomic mass is 16.7. The van der Waals surface area contributed by atoms with Crippen LogP contribution in [0.1, 0.15) is 45.9 Å². The number of phenols is 4. The summed E-state index contributed by atoms with van der Waals surface area (Å²) in [5.74, 6) is 0.528. The number of carbonyl (C=O) groups is 3. The zero-order valence-corrected chi connectivity index (χ0v) is 26.7. The van der Waals surface area contributed by atoms with Crippen LogP contribution in [-0.4, -0.2) is 63.7 Å². The van der Waals surface area contributed by atoms with Gasteiger partial charge in [0.2, 0.25) is 20.4 Å². The van der Waals surface area contributed by atoms with Crippen LogP contribution in [0.5, 0.6) is 57.5 Å². The molecule has 0 saturated heterocycles. The molecule has 3 aliphatic heterocycles. The summed E-state index contributed by atoms with van der Waals surface area (Å²) in [7, 11) is 0. The Morgan fingerprint density at radius 2 is 0.796 bits per heavy atom. The Morgan fingerprint density at radius 3 is 1.31 bits per heavy atom. The summed E-state index contributed by atoms with van der Waals surface area (Å²) >= 11 is 0. The van der Waals surface area contributed by atoms with Crippen LogP contribution in [0.4, 0.5) is 11.4 Å². The van der Waals surface area contributed by atoms with E-state index in [1.165, 1.54) is 42.5 Å². The molecular weight excluding hydrogens is 708 g/mol. The molecule has 3 aliphatic rings. The molecule has 54 heavy (non-hydrogen) atoms. The summed E-state index contributed by atoms with van der Waals surface area (Å²) in [6.07, 6.45) is 0. The van der Waals surface area contributed by atoms with Gasteiger partial charge in [-0.1, -0.05) is 14.9 Å². The zero-order valence-electron chi connectivity index (χ0n) is 26.7. The molecule has 16 heteroatoms. The molecule has 8 rings (SSSR count). The van der Waals surface area contributed by atoms with Crippen molar-refractivity contribution in [1.82, 2.24) is 0 Å². The van der Waals surface area contributed by atoms with E-state index in [2.05, 4.69) is 10.6 Å². The summed E-state index contributed by atoms with van der Waals surface area (Å²) in [4.78, 5) is 34.6. The van der Waals surface area contributed by atoms with Crippen LogP contribution in [0.15, 0.2) is 91.0 Å². The highest BCUT2D eigenvalue weighted by Gasteiger charge is 2.19. The molecule has 0 saturated carbocycles. The highest BCUT2D eigenvalue weighted by molar-refractivity contribution is 6.05. The van der Waals surface area contributed by atoms with Crippen LogP contribution in [0.2, 0.25) is 0 Å². The van der Waals surface area contributed by atoms with Gasteiger partial charge in [0, 0.05) is 34.6 Å². The van der Waals surface area contributed by atoms with E-state index >= 15 is 0 Å². The molecule has 0 aromatic heterocycles. The number of anilines is 2. The smallest absolute Gasteiger partial charge is 0.335 e. The first-order chi connectivity index (χ1) is 25.0. The number of ether oxygens (including phenoxy) is 6. The van der Waals surface area contributed by atoms with Crippen LogP contribution >= 0.6 is 0 Å². The van der Waals surface area contributed by atoms with Gasteiger partial charge >= 0.3 is 5.97 Å². The van der Waals surface area contributed by atoms with Crippen LogP contribution < -0.4 is 39.1 Å². The second-order valence-corrected chi connectivity index (χ2v) is 10.8. The lowest BCUT2D eigenvalue weighted by atomic mass is 10.2. The number of fused-ring (bicyclic) bond motifs is 3. The van der Waals surface area contributed by atoms with E-state index in [4.69, 9.17) is 43.7 Å². The molecule has 16 nitrogen and oxygen atoms in total. The Labute approximate surface area is 308 Å². The van der Waals surface area contributed by atoms with Crippen molar-refractivity contribution in [2.45, 2.75) is 14.9 Å². The van der Waals surface area contributed by atoms with E-state index in [9.17, 15) is 24.6 Å². The first-order valence-corrected chi connectivity index (χ1v) is 15.1. The van der Waals surface area contributed by atoms with Crippen molar-refractivity contribution in [3.63, 3.8) is 0 Å². The first kappa shape index (κ1) is 39.3. The molecule has 0 atom stereocenters. The summed E-state index contributed by atoms with van der Waals surface area (Å²) in [5, 5.41) is 50.8. The SMILES string of the molecule is C.C.O=C(Nc1ccc(O)c(O)c1)c1ccc(O)c(O)c1.O=C(Nc1ccc2c(c1)OCO2)c1ccc2c(c1)OCO2.O=C(O)c1ccc2c(c1)OCO2. The number of aromatic carboxylic acids is 1. The Balaban J connectivity index is 0.000000183. The van der Waals surface area contributed by atoms with E-state index in [0.717, 1.165) is 6.07 Å². The fourth-order valence-electron chi connectivity index (χ4n) is 4.71. The lowest BCUT2D eigenvalue weighted by Gasteiger charge is -2.07. The first-order valence-electron chi connectivity index (χ1n) is 15.1. The lowest BCUT2D eigenvalue weighted by molar-refractivity contribution is 0.0695. The predicted molar refractivity (Wildman–Crippen MR) is 194 cm³/mol. The number of aromatic hydroxyl groups is 4. The summed E-state index contributed by atoms with van der Waals surface area (Å²) in [6.45, 7) is 0.551. The second kappa shape index (κ2) is 17.1. The van der Waals surface area contributed by atoms with E-state index in [1.54, 1.807) is 42.5 Å². The summed E-state index contributed by atoms with van der Waals surface area (Å²) in [6, 6.07) is 22.3. The third kappa shape index (κ3) is 9.24. The molecule has 0 fully saturated rings. The van der Waals surface area contributed by atoms with Gasteiger partial charge in [-0.2, -0.15) is 0 Å². The van der Waals surface area contributed by atoms with Crippen molar-refractivity contribution in [2.24, 2.45) is 0 Å². The minimum absolute atomic E-state index is 0. The van der Waals surface area contributed by atoms with E-state index in [-0.39, 0.29) is 75.2 Å². The molecule has 0 aliphatic carbocycles. The van der Waals surface area contributed by atoms with Gasteiger partial charge in [-0.3, -0.25) is 9.59 Å². The van der Waals surface area contributed by atoms with Crippen molar-refractivity contribution in [3.8, 4) is 57.5 Å². The van der Waals surface area contributed by atoms with Gasteiger partial charge in [-0.25, -0.2) is 4.79 Å². The average molecular weight is 745 g/mol. The van der Waals surface area contributed by atoms with Crippen molar-refractivity contribution in [1.29, 1.82) is 0 Å². The maximum Gasteiger partial charge on any atom is 0.335 e. The average Bonchev–Trinajstić information content (AvgIpc) is 3.92. The normalized spacial score (nSPS) is 11.9. The Hall–Kier alpha value is -7.49. The molecule has 7 N–H and O–H groups in total. The van der Waals surface area contributed by atoms with Gasteiger partial charge in [0.15, 0.2) is 57.5 Å². The largest absolute Gasteiger partial charge is 0.504 e. The maximum atomic E-state index is 12.2. The molecule has 282 valence electrons. The number of rotatable bonds is 5. The maximum absolute atomic E-state index is 12.2. The number of carboxylic acids is 1. The molecule has 2 amide bonds. The molecule has 0 radical (unpaired) electrons. The molecular formula is C38H36N2O14. The zero-order chi connectivity index (χ0) is 36.8. The molecule has 0 spiro atoms. The number of carboxylic acid groups (broad SMARTS) is 1. The van der Waals surface area contributed by atoms with Gasteiger partial charge in [0.1, 0.15) is 0 Å². The number of benzene rings is 5. The molecule has 5 aromatic carbocycles. The van der Waals surface area contributed by atoms with Gasteiger partial charge in [-0.05, 0) is 78.9 Å². The summed E-state index contributed by atoms with van der Waals surface area (Å²) < 4.78 is 31.0. The van der Waals surface area contributed by atoms with Crippen molar-refractivity contribution < 1.29 is 68.3 Å². The van der Waals surface area contributed by atoms with E-state index in [1.807, 2.05) is 0 Å². The Morgan fingerprint density at radius 1 is 0.426 bits per heavy atom. The number of hydrogen-bond donors (Lipinski definition) is 7. The van der Waals surface area contributed by atoms with Crippen LogP contribution in [0.25, 0.3) is 0 Å². The number of amides is 2. The standard InChI is InChI=1S/C15H11NO5.C13H11NO5.C8H6O4.2CH4/c17-15(9-1-3-11-13(5-9)20-7-18-11)16-10-2-4-12-14(6-10)21-8-19-12;15-9-3-1-7(5-11(9)17)13(19)14-8-2-4-10(16)12(18)6-8;9-8(10)5-1-2-6-7(3-5)12-4-11-6;;/h1-6H,7-8H2,(H,16,17);1-6,15-18H,(H,14,19);1-3H,4H2,(H,9,10);2*1H4. The quantitative estimate of drug-likeness (QED) is 0.0748. The van der Waals surface area contributed by atoms with Gasteiger partial charge in [0.05, 0.1) is 5.56 Å². The van der Waals surface area contributed by atoms with Crippen molar-refractivity contribution >= 4 is 29.2 Å². The predicted octanol–water partition coefficient (Wildman–Crippen LogP) is 6.54. The lowest BCUT2D eigenvalue weighted by Crippen LogP contribution is -2.11. The number of carbonyl (C=O) groups excluding carboxylic acids is 2. The monoisotopic (exact) mass is 744 g/mol. The topological polar surface area (TPSA) is 232 Å². The third-order valence-corrected chi connectivity index (χ3v) is 7.36. The summed E-state index contributed by atoms with van der Waals surface area (Å²) in [5.41, 5.74) is 1.77. The minimum atomic E-state index is -0.965. The number of phenolic OH excluding ortho intramolecular Hbond substituents is 4. The van der Waals surface area contributed by atoms with Gasteiger partial charge < -0.3 is 64.6 Å². The van der Waals surface area contributed by atoms with Crippen LogP contribution in [0.3, 0.4) is 0 Å². The van der Waals surface area contributed by atoms with E-state index in [0.29, 0.717) is 45.7 Å². The van der Waals surface area contributed by atoms with Gasteiger partial charge in [-0.15, -0.1) is 0 Å². The molecule has 5 aromatic rings. The Bertz CT molecular complexity index is 2170. The number of nitrogens with one attached hydrogen (secondary N) is 2. The minimum Gasteiger partial charge on any atom is -0.504 e. The third-order valence-electron chi connectivity index (χ3n) is 7.36. The van der Waals surface area contributed by atoms with E-state index < -0.39 is 17.6 Å². The van der Waals surface area contributed by atoms with Crippen LogP contribution in [-0.2, 0) is 0 Å². The number of hydrogen-bond acceptors (Lipinski definition) is 13. The molecule has 0 bridgehead atoms.